The SMILES string of the molecule is NC(Cc1ccnc2ccccc12)c1c(F)cccc1Br. The van der Waals surface area contributed by atoms with Crippen molar-refractivity contribution in [3.05, 3.63) is 76.1 Å². The second kappa shape index (κ2) is 5.92. The third-order valence-electron chi connectivity index (χ3n) is 3.55. The van der Waals surface area contributed by atoms with Crippen LogP contribution in [-0.2, 0) is 6.42 Å². The van der Waals surface area contributed by atoms with Crippen LogP contribution in [0.1, 0.15) is 17.2 Å². The van der Waals surface area contributed by atoms with Gasteiger partial charge in [-0.25, -0.2) is 4.39 Å². The average Bonchev–Trinajstić information content (AvgIpc) is 2.47. The third kappa shape index (κ3) is 2.82. The molecule has 1 heterocycles. The maximum atomic E-state index is 14.0. The summed E-state index contributed by atoms with van der Waals surface area (Å²) in [5.41, 5.74) is 8.74. The molecule has 106 valence electrons. The molecule has 0 aliphatic heterocycles. The van der Waals surface area contributed by atoms with Crippen LogP contribution in [0.4, 0.5) is 4.39 Å². The van der Waals surface area contributed by atoms with Gasteiger partial charge in [0, 0.05) is 27.7 Å². The van der Waals surface area contributed by atoms with Crippen molar-refractivity contribution in [1.29, 1.82) is 0 Å². The van der Waals surface area contributed by atoms with Gasteiger partial charge in [-0.1, -0.05) is 40.2 Å². The molecule has 0 radical (unpaired) electrons. The summed E-state index contributed by atoms with van der Waals surface area (Å²) in [7, 11) is 0. The van der Waals surface area contributed by atoms with E-state index in [-0.39, 0.29) is 5.82 Å². The van der Waals surface area contributed by atoms with Crippen molar-refractivity contribution < 1.29 is 4.39 Å². The maximum Gasteiger partial charge on any atom is 0.129 e. The summed E-state index contributed by atoms with van der Waals surface area (Å²) in [6.07, 6.45) is 2.32. The summed E-state index contributed by atoms with van der Waals surface area (Å²) in [6, 6.07) is 14.3. The van der Waals surface area contributed by atoms with Gasteiger partial charge in [-0.2, -0.15) is 0 Å². The molecule has 0 bridgehead atoms. The first-order valence-corrected chi connectivity index (χ1v) is 7.48. The van der Waals surface area contributed by atoms with E-state index in [9.17, 15) is 4.39 Å². The highest BCUT2D eigenvalue weighted by atomic mass is 79.9. The zero-order valence-corrected chi connectivity index (χ0v) is 12.8. The molecule has 2 N–H and O–H groups in total. The second-order valence-electron chi connectivity index (χ2n) is 4.93. The molecule has 0 saturated carbocycles. The number of halogens is 2. The van der Waals surface area contributed by atoms with Gasteiger partial charge >= 0.3 is 0 Å². The zero-order chi connectivity index (χ0) is 14.8. The van der Waals surface area contributed by atoms with E-state index in [2.05, 4.69) is 20.9 Å². The van der Waals surface area contributed by atoms with Gasteiger partial charge < -0.3 is 5.73 Å². The van der Waals surface area contributed by atoms with Crippen LogP contribution in [0.25, 0.3) is 10.9 Å². The molecule has 1 atom stereocenters. The molecular formula is C17H14BrFN2. The Balaban J connectivity index is 1.99. The first kappa shape index (κ1) is 14.2. The van der Waals surface area contributed by atoms with Gasteiger partial charge in [0.25, 0.3) is 0 Å². The Morgan fingerprint density at radius 2 is 1.90 bits per heavy atom. The van der Waals surface area contributed by atoms with Crippen LogP contribution in [0.2, 0.25) is 0 Å². The van der Waals surface area contributed by atoms with Crippen LogP contribution in [-0.4, -0.2) is 4.98 Å². The summed E-state index contributed by atoms with van der Waals surface area (Å²) < 4.78 is 14.7. The van der Waals surface area contributed by atoms with Crippen LogP contribution in [0, 0.1) is 5.82 Å². The Bertz CT molecular complexity index is 763. The fourth-order valence-electron chi connectivity index (χ4n) is 2.54. The molecule has 0 fully saturated rings. The van der Waals surface area contributed by atoms with E-state index in [1.54, 1.807) is 12.3 Å². The lowest BCUT2D eigenvalue weighted by molar-refractivity contribution is 0.578. The highest BCUT2D eigenvalue weighted by Gasteiger charge is 2.16. The van der Waals surface area contributed by atoms with E-state index in [4.69, 9.17) is 5.73 Å². The minimum atomic E-state index is -0.411. The fourth-order valence-corrected chi connectivity index (χ4v) is 3.17. The van der Waals surface area contributed by atoms with Gasteiger partial charge in [-0.05, 0) is 36.2 Å². The fraction of sp³-hybridized carbons (Fsp3) is 0.118. The first-order valence-electron chi connectivity index (χ1n) is 6.69. The second-order valence-corrected chi connectivity index (χ2v) is 5.79. The Labute approximate surface area is 130 Å². The highest BCUT2D eigenvalue weighted by Crippen LogP contribution is 2.28. The molecule has 1 unspecified atom stereocenters. The van der Waals surface area contributed by atoms with Crippen LogP contribution in [0.3, 0.4) is 0 Å². The van der Waals surface area contributed by atoms with E-state index in [0.717, 1.165) is 16.5 Å². The van der Waals surface area contributed by atoms with Gasteiger partial charge in [0.05, 0.1) is 5.52 Å². The summed E-state index contributed by atoms with van der Waals surface area (Å²) >= 11 is 3.38. The van der Waals surface area contributed by atoms with Gasteiger partial charge in [0.1, 0.15) is 5.82 Å². The summed E-state index contributed by atoms with van der Waals surface area (Å²) in [4.78, 5) is 4.33. The van der Waals surface area contributed by atoms with Crippen molar-refractivity contribution in [2.24, 2.45) is 5.73 Å². The Morgan fingerprint density at radius 3 is 2.71 bits per heavy atom. The van der Waals surface area contributed by atoms with Crippen molar-refractivity contribution in [2.45, 2.75) is 12.5 Å². The van der Waals surface area contributed by atoms with Gasteiger partial charge in [0.2, 0.25) is 0 Å². The minimum Gasteiger partial charge on any atom is -0.324 e. The molecule has 3 rings (SSSR count). The molecule has 0 saturated heterocycles. The van der Waals surface area contributed by atoms with E-state index in [0.29, 0.717) is 16.5 Å². The van der Waals surface area contributed by atoms with Crippen molar-refractivity contribution in [1.82, 2.24) is 4.98 Å². The van der Waals surface area contributed by atoms with Crippen LogP contribution in [0.5, 0.6) is 0 Å². The number of aromatic nitrogens is 1. The van der Waals surface area contributed by atoms with Crippen LogP contribution < -0.4 is 5.73 Å². The molecular weight excluding hydrogens is 331 g/mol. The molecule has 4 heteroatoms. The highest BCUT2D eigenvalue weighted by molar-refractivity contribution is 9.10. The van der Waals surface area contributed by atoms with Gasteiger partial charge in [-0.3, -0.25) is 4.98 Å². The quantitative estimate of drug-likeness (QED) is 0.765. The summed E-state index contributed by atoms with van der Waals surface area (Å²) in [6.45, 7) is 0. The minimum absolute atomic E-state index is 0.282. The molecule has 2 aromatic carbocycles. The predicted molar refractivity (Wildman–Crippen MR) is 86.5 cm³/mol. The van der Waals surface area contributed by atoms with E-state index in [1.807, 2.05) is 36.4 Å². The summed E-state index contributed by atoms with van der Waals surface area (Å²) in [5, 5.41) is 1.06. The number of hydrogen-bond donors (Lipinski definition) is 1. The number of para-hydroxylation sites is 1. The lowest BCUT2D eigenvalue weighted by atomic mass is 9.97. The number of nitrogens with two attached hydrogens (primary N) is 1. The lowest BCUT2D eigenvalue weighted by Gasteiger charge is -2.16. The topological polar surface area (TPSA) is 38.9 Å². The molecule has 2 nitrogen and oxygen atoms in total. The van der Waals surface area contributed by atoms with Crippen LogP contribution >= 0.6 is 15.9 Å². The Hall–Kier alpha value is -1.78. The van der Waals surface area contributed by atoms with Crippen molar-refractivity contribution in [2.75, 3.05) is 0 Å². The molecule has 3 aromatic rings. The third-order valence-corrected chi connectivity index (χ3v) is 4.24. The normalized spacial score (nSPS) is 12.5. The van der Waals surface area contributed by atoms with Crippen LogP contribution in [0.15, 0.2) is 59.2 Å². The van der Waals surface area contributed by atoms with Gasteiger partial charge in [0.15, 0.2) is 0 Å². The average molecular weight is 345 g/mol. The zero-order valence-electron chi connectivity index (χ0n) is 11.3. The van der Waals surface area contributed by atoms with Gasteiger partial charge in [-0.15, -0.1) is 0 Å². The van der Waals surface area contributed by atoms with Crippen molar-refractivity contribution >= 4 is 26.8 Å². The standard InChI is InChI=1S/C17H14BrFN2/c18-13-5-3-6-14(19)17(13)15(20)10-11-8-9-21-16-7-2-1-4-12(11)16/h1-9,15H,10,20H2. The first-order chi connectivity index (χ1) is 10.2. The molecule has 0 spiro atoms. The molecule has 0 aliphatic carbocycles. The monoisotopic (exact) mass is 344 g/mol. The molecule has 21 heavy (non-hydrogen) atoms. The molecule has 0 amide bonds. The lowest BCUT2D eigenvalue weighted by Crippen LogP contribution is -2.16. The Kier molecular flexibility index (Phi) is 3.99. The van der Waals surface area contributed by atoms with Crippen molar-refractivity contribution in [3.63, 3.8) is 0 Å². The van der Waals surface area contributed by atoms with E-state index in [1.165, 1.54) is 6.07 Å². The number of hydrogen-bond acceptors (Lipinski definition) is 2. The number of benzene rings is 2. The number of rotatable bonds is 3. The van der Waals surface area contributed by atoms with E-state index >= 15 is 0 Å². The Morgan fingerprint density at radius 1 is 1.10 bits per heavy atom. The molecule has 1 aromatic heterocycles. The number of pyridine rings is 1. The predicted octanol–water partition coefficient (Wildman–Crippen LogP) is 4.38. The smallest absolute Gasteiger partial charge is 0.129 e. The number of nitrogens with zero attached hydrogens (tertiary/aromatic N) is 1. The van der Waals surface area contributed by atoms with E-state index < -0.39 is 6.04 Å². The number of fused-ring (bicyclic) bond motifs is 1. The van der Waals surface area contributed by atoms with Crippen molar-refractivity contribution in [3.8, 4) is 0 Å². The molecule has 0 aliphatic rings. The largest absolute Gasteiger partial charge is 0.324 e. The summed E-state index contributed by atoms with van der Waals surface area (Å²) in [5.74, 6) is -0.282. The maximum absolute atomic E-state index is 14.0.